The van der Waals surface area contributed by atoms with Gasteiger partial charge in [-0.2, -0.15) is 0 Å². The molecular weight excluding hydrogens is 302 g/mol. The Morgan fingerprint density at radius 2 is 2.00 bits per heavy atom. The van der Waals surface area contributed by atoms with Crippen molar-refractivity contribution in [2.24, 2.45) is 0 Å². The molecule has 1 aromatic carbocycles. The number of hydrogen-bond donors (Lipinski definition) is 1. The molecule has 1 heterocycles. The Balaban J connectivity index is 1.75. The van der Waals surface area contributed by atoms with E-state index in [4.69, 9.17) is 0 Å². The second-order valence-corrected chi connectivity index (χ2v) is 6.03. The first-order valence-electron chi connectivity index (χ1n) is 7.85. The van der Waals surface area contributed by atoms with Crippen molar-refractivity contribution in [2.45, 2.75) is 44.6 Å². The first-order chi connectivity index (χ1) is 10.9. The van der Waals surface area contributed by atoms with Crippen LogP contribution in [0.1, 0.15) is 31.7 Å². The van der Waals surface area contributed by atoms with Crippen molar-refractivity contribution >= 4 is 11.8 Å². The average Bonchev–Trinajstić information content (AvgIpc) is 2.50. The molecule has 1 aliphatic heterocycles. The van der Waals surface area contributed by atoms with Crippen LogP contribution in [0.25, 0.3) is 0 Å². The van der Waals surface area contributed by atoms with Gasteiger partial charge >= 0.3 is 0 Å². The van der Waals surface area contributed by atoms with Crippen molar-refractivity contribution in [1.29, 1.82) is 0 Å². The largest absolute Gasteiger partial charge is 0.355 e. The van der Waals surface area contributed by atoms with Gasteiger partial charge in [-0.25, -0.2) is 8.78 Å². The highest BCUT2D eigenvalue weighted by atomic mass is 19.3. The lowest BCUT2D eigenvalue weighted by Crippen LogP contribution is -2.50. The van der Waals surface area contributed by atoms with Crippen LogP contribution in [0.4, 0.5) is 8.78 Å². The predicted molar refractivity (Wildman–Crippen MR) is 83.1 cm³/mol. The molecule has 0 spiro atoms. The zero-order valence-electron chi connectivity index (χ0n) is 13.2. The molecule has 0 saturated carbocycles. The van der Waals surface area contributed by atoms with Crippen molar-refractivity contribution in [1.82, 2.24) is 10.2 Å². The van der Waals surface area contributed by atoms with Crippen molar-refractivity contribution in [3.05, 3.63) is 35.9 Å². The van der Waals surface area contributed by atoms with E-state index < -0.39 is 12.5 Å². The molecule has 1 fully saturated rings. The molecule has 1 saturated heterocycles. The van der Waals surface area contributed by atoms with E-state index in [0.717, 1.165) is 5.56 Å². The predicted octanol–water partition coefficient (Wildman–Crippen LogP) is 2.38. The minimum Gasteiger partial charge on any atom is -0.355 e. The zero-order chi connectivity index (χ0) is 16.9. The van der Waals surface area contributed by atoms with Crippen LogP contribution in [0.15, 0.2) is 30.3 Å². The molecule has 4 nitrogen and oxygen atoms in total. The summed E-state index contributed by atoms with van der Waals surface area (Å²) in [5, 5.41) is 2.66. The number of likely N-dealkylation sites (tertiary alicyclic amines) is 1. The number of hydrogen-bond acceptors (Lipinski definition) is 2. The van der Waals surface area contributed by atoms with E-state index in [1.165, 1.54) is 4.90 Å². The van der Waals surface area contributed by atoms with Gasteiger partial charge in [0.1, 0.15) is 0 Å². The zero-order valence-corrected chi connectivity index (χ0v) is 13.2. The lowest BCUT2D eigenvalue weighted by Gasteiger charge is -2.37. The Labute approximate surface area is 134 Å². The number of piperidine rings is 1. The fourth-order valence-corrected chi connectivity index (χ4v) is 2.69. The fraction of sp³-hybridized carbons (Fsp3) is 0.529. The van der Waals surface area contributed by atoms with Gasteiger partial charge in [-0.05, 0) is 18.9 Å². The van der Waals surface area contributed by atoms with Crippen LogP contribution in [0.2, 0.25) is 0 Å². The Morgan fingerprint density at radius 3 is 2.70 bits per heavy atom. The van der Waals surface area contributed by atoms with Crippen LogP contribution in [0.3, 0.4) is 0 Å². The van der Waals surface area contributed by atoms with Crippen molar-refractivity contribution in [2.75, 3.05) is 13.1 Å². The van der Waals surface area contributed by atoms with Gasteiger partial charge in [-0.3, -0.25) is 9.59 Å². The lowest BCUT2D eigenvalue weighted by atomic mass is 10.00. The Bertz CT molecular complexity index is 549. The molecule has 1 aliphatic rings. The number of halogens is 2. The summed E-state index contributed by atoms with van der Waals surface area (Å²) < 4.78 is 26.8. The van der Waals surface area contributed by atoms with Crippen molar-refractivity contribution in [3.8, 4) is 0 Å². The van der Waals surface area contributed by atoms with E-state index in [9.17, 15) is 18.4 Å². The summed E-state index contributed by atoms with van der Waals surface area (Å²) in [5.41, 5.74) is 0.889. The summed E-state index contributed by atoms with van der Waals surface area (Å²) in [6, 6.07) is 9.09. The van der Waals surface area contributed by atoms with E-state index in [2.05, 4.69) is 5.32 Å². The smallest absolute Gasteiger partial charge is 0.265 e. The number of nitrogens with one attached hydrogen (secondary N) is 1. The first kappa shape index (κ1) is 17.4. The average molecular weight is 324 g/mol. The van der Waals surface area contributed by atoms with Gasteiger partial charge in [-0.1, -0.05) is 30.3 Å². The second kappa shape index (κ2) is 7.53. The van der Waals surface area contributed by atoms with Crippen LogP contribution in [-0.4, -0.2) is 41.8 Å². The molecule has 6 heteroatoms. The number of amides is 2. The number of rotatable bonds is 5. The second-order valence-electron chi connectivity index (χ2n) is 6.03. The van der Waals surface area contributed by atoms with E-state index in [0.29, 0.717) is 6.42 Å². The Hall–Kier alpha value is -1.98. The lowest BCUT2D eigenvalue weighted by molar-refractivity contribution is -0.146. The standard InChI is InChI=1S/C17H22F2N2O2/c1-13-7-9-17(18,19)12-21(13)16(23)8-10-20-15(22)11-14-5-3-2-4-6-14/h2-6,13H,7-12H2,1H3,(H,20,22). The SMILES string of the molecule is CC1CCC(F)(F)CN1C(=O)CCNC(=O)Cc1ccccc1. The van der Waals surface area contributed by atoms with E-state index in [-0.39, 0.29) is 43.7 Å². The number of alkyl halides is 2. The third kappa shape index (κ3) is 5.30. The molecule has 2 amide bonds. The molecule has 1 atom stereocenters. The van der Waals surface area contributed by atoms with Crippen molar-refractivity contribution < 1.29 is 18.4 Å². The molecule has 1 N–H and O–H groups in total. The first-order valence-corrected chi connectivity index (χ1v) is 7.85. The monoisotopic (exact) mass is 324 g/mol. The van der Waals surface area contributed by atoms with Crippen LogP contribution in [0, 0.1) is 0 Å². The number of nitrogens with zero attached hydrogens (tertiary/aromatic N) is 1. The van der Waals surface area contributed by atoms with Gasteiger partial charge < -0.3 is 10.2 Å². The molecule has 0 bridgehead atoms. The highest BCUT2D eigenvalue weighted by Crippen LogP contribution is 2.30. The van der Waals surface area contributed by atoms with Gasteiger partial charge in [0.05, 0.1) is 13.0 Å². The Kier molecular flexibility index (Phi) is 5.69. The summed E-state index contributed by atoms with van der Waals surface area (Å²) in [6.07, 6.45) is 0.416. The fourth-order valence-electron chi connectivity index (χ4n) is 2.69. The number of benzene rings is 1. The van der Waals surface area contributed by atoms with Crippen molar-refractivity contribution in [3.63, 3.8) is 0 Å². The van der Waals surface area contributed by atoms with Crippen LogP contribution >= 0.6 is 0 Å². The minimum absolute atomic E-state index is 0.0426. The maximum atomic E-state index is 13.4. The van der Waals surface area contributed by atoms with Gasteiger partial charge in [0, 0.05) is 25.4 Å². The maximum Gasteiger partial charge on any atom is 0.265 e. The highest BCUT2D eigenvalue weighted by Gasteiger charge is 2.40. The number of carbonyl (C=O) groups excluding carboxylic acids is 2. The van der Waals surface area contributed by atoms with Crippen LogP contribution in [-0.2, 0) is 16.0 Å². The quantitative estimate of drug-likeness (QED) is 0.904. The third-order valence-electron chi connectivity index (χ3n) is 4.05. The van der Waals surface area contributed by atoms with Gasteiger partial charge in [0.15, 0.2) is 0 Å². The summed E-state index contributed by atoms with van der Waals surface area (Å²) in [7, 11) is 0. The summed E-state index contributed by atoms with van der Waals surface area (Å²) in [6.45, 7) is 1.42. The van der Waals surface area contributed by atoms with E-state index in [1.807, 2.05) is 30.3 Å². The van der Waals surface area contributed by atoms with Crippen LogP contribution in [0.5, 0.6) is 0 Å². The normalized spacial score (nSPS) is 20.1. The molecule has 1 aromatic rings. The Morgan fingerprint density at radius 1 is 1.30 bits per heavy atom. The molecule has 126 valence electrons. The summed E-state index contributed by atoms with van der Waals surface area (Å²) in [5.74, 6) is -3.32. The molecule has 2 rings (SSSR count). The molecule has 1 unspecified atom stereocenters. The molecule has 23 heavy (non-hydrogen) atoms. The van der Waals surface area contributed by atoms with Gasteiger partial charge in [-0.15, -0.1) is 0 Å². The minimum atomic E-state index is -2.81. The molecule has 0 aliphatic carbocycles. The van der Waals surface area contributed by atoms with Crippen LogP contribution < -0.4 is 5.32 Å². The topological polar surface area (TPSA) is 49.4 Å². The van der Waals surface area contributed by atoms with E-state index in [1.54, 1.807) is 6.92 Å². The summed E-state index contributed by atoms with van der Waals surface area (Å²) in [4.78, 5) is 25.1. The molecule has 0 aromatic heterocycles. The van der Waals surface area contributed by atoms with Gasteiger partial charge in [0.2, 0.25) is 11.8 Å². The highest BCUT2D eigenvalue weighted by molar-refractivity contribution is 5.80. The van der Waals surface area contributed by atoms with Gasteiger partial charge in [0.25, 0.3) is 5.92 Å². The third-order valence-corrected chi connectivity index (χ3v) is 4.05. The summed E-state index contributed by atoms with van der Waals surface area (Å²) >= 11 is 0. The maximum absolute atomic E-state index is 13.4. The van der Waals surface area contributed by atoms with E-state index >= 15 is 0 Å². The molecular formula is C17H22F2N2O2. The molecule has 0 radical (unpaired) electrons. The number of carbonyl (C=O) groups is 2.